The van der Waals surface area contributed by atoms with Crippen LogP contribution >= 0.6 is 11.8 Å². The Kier molecular flexibility index (Phi) is 5.58. The molecule has 8 heteroatoms. The minimum absolute atomic E-state index is 0.0108. The van der Waals surface area contributed by atoms with Crippen molar-refractivity contribution in [2.45, 2.75) is 11.7 Å². The second kappa shape index (κ2) is 8.84. The van der Waals surface area contributed by atoms with E-state index in [2.05, 4.69) is 45.9 Å². The number of nitrogens with one attached hydrogen (secondary N) is 1. The third kappa shape index (κ3) is 4.33. The molecule has 4 aromatic carbocycles. The van der Waals surface area contributed by atoms with Gasteiger partial charge in [-0.2, -0.15) is 5.10 Å². The van der Waals surface area contributed by atoms with Gasteiger partial charge in [-0.05, 0) is 39.6 Å². The minimum atomic E-state index is -0.441. The van der Waals surface area contributed by atoms with Crippen molar-refractivity contribution in [1.29, 1.82) is 0 Å². The number of amides is 1. The predicted octanol–water partition coefficient (Wildman–Crippen LogP) is 5.07. The molecule has 1 saturated heterocycles. The van der Waals surface area contributed by atoms with Gasteiger partial charge in [-0.3, -0.25) is 14.9 Å². The Labute approximate surface area is 193 Å². The number of nitro benzene ring substituents is 1. The molecule has 7 nitrogen and oxygen atoms in total. The molecule has 0 aromatic heterocycles. The highest BCUT2D eigenvalue weighted by molar-refractivity contribution is 8.15. The summed E-state index contributed by atoms with van der Waals surface area (Å²) >= 11 is 1.28. The summed E-state index contributed by atoms with van der Waals surface area (Å²) in [6, 6.07) is 24.7. The quantitative estimate of drug-likeness (QED) is 0.197. The number of nitro groups is 1. The minimum Gasteiger partial charge on any atom is -0.303 e. The maximum atomic E-state index is 12.4. The average Bonchev–Trinajstić information content (AvgIpc) is 3.17. The number of non-ortho nitro benzene ring substituents is 1. The molecule has 33 heavy (non-hydrogen) atoms. The fourth-order valence-corrected chi connectivity index (χ4v) is 4.89. The van der Waals surface area contributed by atoms with E-state index in [4.69, 9.17) is 0 Å². The van der Waals surface area contributed by atoms with Crippen LogP contribution in [0.5, 0.6) is 0 Å². The van der Waals surface area contributed by atoms with E-state index >= 15 is 0 Å². The van der Waals surface area contributed by atoms with Crippen molar-refractivity contribution in [3.05, 3.63) is 100 Å². The van der Waals surface area contributed by atoms with E-state index in [1.54, 1.807) is 18.3 Å². The molecule has 1 fully saturated rings. The van der Waals surface area contributed by atoms with Gasteiger partial charge in [0.2, 0.25) is 5.91 Å². The van der Waals surface area contributed by atoms with E-state index in [9.17, 15) is 14.9 Å². The molecule has 0 bridgehead atoms. The molecular formula is C25H18N4O3S. The summed E-state index contributed by atoms with van der Waals surface area (Å²) in [6.07, 6.45) is 2.09. The molecule has 0 spiro atoms. The van der Waals surface area contributed by atoms with E-state index in [1.807, 2.05) is 24.3 Å². The third-order valence-corrected chi connectivity index (χ3v) is 6.54. The zero-order chi connectivity index (χ0) is 22.8. The Balaban J connectivity index is 1.38. The number of carbonyl (C=O) groups is 1. The lowest BCUT2D eigenvalue weighted by molar-refractivity contribution is -0.384. The first-order valence-corrected chi connectivity index (χ1v) is 11.2. The fourth-order valence-electron chi connectivity index (χ4n) is 3.92. The smallest absolute Gasteiger partial charge is 0.269 e. The molecule has 1 aliphatic heterocycles. The van der Waals surface area contributed by atoms with Gasteiger partial charge in [0.25, 0.3) is 5.69 Å². The van der Waals surface area contributed by atoms with Crippen molar-refractivity contribution in [3.8, 4) is 0 Å². The van der Waals surface area contributed by atoms with Gasteiger partial charge in [0.1, 0.15) is 0 Å². The van der Waals surface area contributed by atoms with Crippen LogP contribution in [0.15, 0.2) is 89.1 Å². The summed E-state index contributed by atoms with van der Waals surface area (Å²) in [4.78, 5) is 22.9. The van der Waals surface area contributed by atoms with Gasteiger partial charge in [-0.25, -0.2) is 0 Å². The molecule has 4 aromatic rings. The van der Waals surface area contributed by atoms with Crippen molar-refractivity contribution in [2.24, 2.45) is 10.2 Å². The van der Waals surface area contributed by atoms with Crippen molar-refractivity contribution < 1.29 is 9.72 Å². The number of rotatable bonds is 5. The molecule has 0 radical (unpaired) electrons. The van der Waals surface area contributed by atoms with E-state index < -0.39 is 10.2 Å². The molecule has 1 aliphatic rings. The largest absolute Gasteiger partial charge is 0.303 e. The van der Waals surface area contributed by atoms with Gasteiger partial charge in [0.15, 0.2) is 5.17 Å². The first kappa shape index (κ1) is 20.8. The maximum Gasteiger partial charge on any atom is 0.269 e. The number of thioether (sulfide) groups is 1. The molecular weight excluding hydrogens is 436 g/mol. The van der Waals surface area contributed by atoms with Crippen molar-refractivity contribution in [1.82, 2.24) is 5.32 Å². The second-order valence-corrected chi connectivity index (χ2v) is 8.80. The number of amidine groups is 1. The van der Waals surface area contributed by atoms with Crippen LogP contribution in [-0.2, 0) is 11.2 Å². The van der Waals surface area contributed by atoms with Crippen LogP contribution in [0.1, 0.15) is 11.1 Å². The highest BCUT2D eigenvalue weighted by Gasteiger charge is 2.30. The molecule has 0 saturated carbocycles. The number of benzene rings is 4. The van der Waals surface area contributed by atoms with Crippen LogP contribution in [0.4, 0.5) is 5.69 Å². The summed E-state index contributed by atoms with van der Waals surface area (Å²) in [7, 11) is 0. The molecule has 5 rings (SSSR count). The van der Waals surface area contributed by atoms with Crippen molar-refractivity contribution >= 4 is 56.3 Å². The number of nitrogens with zero attached hydrogens (tertiary/aromatic N) is 3. The van der Waals surface area contributed by atoms with Gasteiger partial charge in [-0.1, -0.05) is 72.4 Å². The van der Waals surface area contributed by atoms with Crippen LogP contribution in [-0.4, -0.2) is 27.5 Å². The molecule has 1 atom stereocenters. The molecule has 1 N–H and O–H groups in total. The van der Waals surface area contributed by atoms with E-state index in [1.165, 1.54) is 23.9 Å². The van der Waals surface area contributed by atoms with Crippen LogP contribution in [0.2, 0.25) is 0 Å². The van der Waals surface area contributed by atoms with Gasteiger partial charge < -0.3 is 5.32 Å². The number of hydrogen-bond donors (Lipinski definition) is 1. The normalized spacial score (nSPS) is 17.3. The average molecular weight is 455 g/mol. The standard InChI is InChI=1S/C25H18N4O3S/c30-24-23(13-16-6-5-9-19(12-16)29(31)32)33-25(27-24)28-26-15-22-20-10-3-1-7-17(20)14-18-8-2-4-11-21(18)22/h1-12,14-15,23H,13H2,(H,27,28,30). The Bertz CT molecular complexity index is 1410. The van der Waals surface area contributed by atoms with Crippen molar-refractivity contribution in [3.63, 3.8) is 0 Å². The second-order valence-electron chi connectivity index (χ2n) is 7.61. The summed E-state index contributed by atoms with van der Waals surface area (Å²) in [6.45, 7) is 0. The third-order valence-electron chi connectivity index (χ3n) is 5.47. The first-order valence-electron chi connectivity index (χ1n) is 10.3. The topological polar surface area (TPSA) is 97.0 Å². The lowest BCUT2D eigenvalue weighted by atomic mass is 9.97. The van der Waals surface area contributed by atoms with Crippen LogP contribution < -0.4 is 5.32 Å². The molecule has 162 valence electrons. The fraction of sp³-hybridized carbons (Fsp3) is 0.0800. The van der Waals surface area contributed by atoms with Gasteiger partial charge in [-0.15, -0.1) is 5.10 Å². The molecule has 0 aliphatic carbocycles. The van der Waals surface area contributed by atoms with Crippen LogP contribution in [0.3, 0.4) is 0 Å². The Morgan fingerprint density at radius 2 is 1.67 bits per heavy atom. The number of hydrogen-bond acceptors (Lipinski definition) is 6. The SMILES string of the molecule is O=C1N/C(=N/N=Cc2c3ccccc3cc3ccccc23)SC1Cc1cccc([N+](=O)[O-])c1. The number of carbonyl (C=O) groups excluding carboxylic acids is 1. The highest BCUT2D eigenvalue weighted by Crippen LogP contribution is 2.28. The zero-order valence-corrected chi connectivity index (χ0v) is 18.2. The number of fused-ring (bicyclic) bond motifs is 2. The Morgan fingerprint density at radius 1 is 0.970 bits per heavy atom. The monoisotopic (exact) mass is 454 g/mol. The van der Waals surface area contributed by atoms with Gasteiger partial charge >= 0.3 is 0 Å². The summed E-state index contributed by atoms with van der Waals surface area (Å²) in [5, 5.41) is 26.6. The zero-order valence-electron chi connectivity index (χ0n) is 17.3. The molecule has 1 amide bonds. The highest BCUT2D eigenvalue weighted by atomic mass is 32.2. The predicted molar refractivity (Wildman–Crippen MR) is 133 cm³/mol. The first-order chi connectivity index (χ1) is 16.1. The Hall–Kier alpha value is -4.04. The Morgan fingerprint density at radius 3 is 2.36 bits per heavy atom. The van der Waals surface area contributed by atoms with Gasteiger partial charge in [0.05, 0.1) is 16.4 Å². The van der Waals surface area contributed by atoms with Crippen molar-refractivity contribution in [2.75, 3.05) is 0 Å². The summed E-state index contributed by atoms with van der Waals surface area (Å²) in [5.41, 5.74) is 1.70. The lowest BCUT2D eigenvalue weighted by Crippen LogP contribution is -2.25. The lowest BCUT2D eigenvalue weighted by Gasteiger charge is -2.07. The van der Waals surface area contributed by atoms with E-state index in [0.717, 1.165) is 32.7 Å². The van der Waals surface area contributed by atoms with E-state index in [-0.39, 0.29) is 11.6 Å². The summed E-state index contributed by atoms with van der Waals surface area (Å²) < 4.78 is 0. The van der Waals surface area contributed by atoms with Crippen LogP contribution in [0.25, 0.3) is 21.5 Å². The maximum absolute atomic E-state index is 12.4. The molecule has 1 unspecified atom stereocenters. The van der Waals surface area contributed by atoms with Crippen LogP contribution in [0, 0.1) is 10.1 Å². The van der Waals surface area contributed by atoms with Gasteiger partial charge in [0, 0.05) is 17.7 Å². The molecule has 1 heterocycles. The van der Waals surface area contributed by atoms with E-state index in [0.29, 0.717) is 11.6 Å². The summed E-state index contributed by atoms with van der Waals surface area (Å²) in [5.74, 6) is -0.184.